The van der Waals surface area contributed by atoms with Gasteiger partial charge in [-0.25, -0.2) is 0 Å². The number of nitro benzene ring substituents is 1. The summed E-state index contributed by atoms with van der Waals surface area (Å²) in [7, 11) is 0. The number of anilines is 1. The standard InChI is InChI=1S/C17H14Cl2N2O4/c1-2-15-17(22)20(9-10-3-5-12(18)13(19)7-10)14-8-11(21(23)24)4-6-16(14)25-15/h3-8,15H,2,9H2,1H3. The molecule has 1 heterocycles. The summed E-state index contributed by atoms with van der Waals surface area (Å²) in [6, 6.07) is 9.30. The number of carbonyl (C=O) groups is 1. The van der Waals surface area contributed by atoms with E-state index in [0.717, 1.165) is 5.56 Å². The van der Waals surface area contributed by atoms with Crippen LogP contribution in [-0.4, -0.2) is 16.9 Å². The van der Waals surface area contributed by atoms with Crippen LogP contribution < -0.4 is 9.64 Å². The largest absolute Gasteiger partial charge is 0.478 e. The van der Waals surface area contributed by atoms with Crippen LogP contribution in [0, 0.1) is 10.1 Å². The zero-order valence-corrected chi connectivity index (χ0v) is 14.8. The summed E-state index contributed by atoms with van der Waals surface area (Å²) in [6.07, 6.45) is -0.135. The van der Waals surface area contributed by atoms with Crippen molar-refractivity contribution in [2.75, 3.05) is 4.90 Å². The second kappa shape index (κ2) is 6.90. The van der Waals surface area contributed by atoms with Crippen molar-refractivity contribution in [2.24, 2.45) is 0 Å². The van der Waals surface area contributed by atoms with E-state index in [9.17, 15) is 14.9 Å². The Kier molecular flexibility index (Phi) is 4.83. The Morgan fingerprint density at radius 2 is 1.96 bits per heavy atom. The van der Waals surface area contributed by atoms with Crippen LogP contribution >= 0.6 is 23.2 Å². The van der Waals surface area contributed by atoms with Gasteiger partial charge in [-0.3, -0.25) is 14.9 Å². The molecule has 0 spiro atoms. The lowest BCUT2D eigenvalue weighted by atomic mass is 10.1. The number of nitrogens with zero attached hydrogens (tertiary/aromatic N) is 2. The lowest BCUT2D eigenvalue weighted by Crippen LogP contribution is -2.45. The molecule has 0 aromatic heterocycles. The van der Waals surface area contributed by atoms with Crippen LogP contribution in [0.3, 0.4) is 0 Å². The first-order valence-electron chi connectivity index (χ1n) is 7.61. The number of non-ortho nitro benzene ring substituents is 1. The topological polar surface area (TPSA) is 72.7 Å². The summed E-state index contributed by atoms with van der Waals surface area (Å²) in [5.74, 6) is 0.193. The number of carbonyl (C=O) groups excluding carboxylic acids is 1. The molecule has 0 fully saturated rings. The Morgan fingerprint density at radius 3 is 2.60 bits per heavy atom. The van der Waals surface area contributed by atoms with E-state index < -0.39 is 11.0 Å². The van der Waals surface area contributed by atoms with Crippen LogP contribution in [0.5, 0.6) is 5.75 Å². The molecule has 3 rings (SSSR count). The van der Waals surface area contributed by atoms with E-state index in [1.54, 1.807) is 18.2 Å². The summed E-state index contributed by atoms with van der Waals surface area (Å²) in [5, 5.41) is 11.9. The highest BCUT2D eigenvalue weighted by atomic mass is 35.5. The monoisotopic (exact) mass is 380 g/mol. The van der Waals surface area contributed by atoms with Crippen molar-refractivity contribution in [2.45, 2.75) is 26.0 Å². The molecular formula is C17H14Cl2N2O4. The average Bonchev–Trinajstić information content (AvgIpc) is 2.59. The molecule has 0 saturated carbocycles. The number of nitro groups is 1. The molecular weight excluding hydrogens is 367 g/mol. The fraction of sp³-hybridized carbons (Fsp3) is 0.235. The molecule has 8 heteroatoms. The summed E-state index contributed by atoms with van der Waals surface area (Å²) in [6.45, 7) is 2.06. The van der Waals surface area contributed by atoms with Crippen LogP contribution in [0.15, 0.2) is 36.4 Å². The van der Waals surface area contributed by atoms with E-state index in [0.29, 0.717) is 27.9 Å². The minimum absolute atomic E-state index is 0.107. The lowest BCUT2D eigenvalue weighted by molar-refractivity contribution is -0.384. The predicted molar refractivity (Wildman–Crippen MR) is 95.5 cm³/mol. The van der Waals surface area contributed by atoms with Crippen molar-refractivity contribution < 1.29 is 14.5 Å². The van der Waals surface area contributed by atoms with E-state index in [4.69, 9.17) is 27.9 Å². The van der Waals surface area contributed by atoms with E-state index in [-0.39, 0.29) is 18.1 Å². The Hall–Kier alpha value is -2.31. The fourth-order valence-electron chi connectivity index (χ4n) is 2.67. The third-order valence-corrected chi connectivity index (χ3v) is 4.69. The van der Waals surface area contributed by atoms with Crippen LogP contribution in [-0.2, 0) is 11.3 Å². The number of ether oxygens (including phenoxy) is 1. The molecule has 130 valence electrons. The van der Waals surface area contributed by atoms with Crippen molar-refractivity contribution in [1.82, 2.24) is 0 Å². The van der Waals surface area contributed by atoms with Gasteiger partial charge in [0.25, 0.3) is 11.6 Å². The van der Waals surface area contributed by atoms with Gasteiger partial charge in [0.2, 0.25) is 0 Å². The van der Waals surface area contributed by atoms with E-state index in [1.807, 2.05) is 6.92 Å². The van der Waals surface area contributed by atoms with Gasteiger partial charge in [-0.1, -0.05) is 36.2 Å². The van der Waals surface area contributed by atoms with Crippen molar-refractivity contribution in [3.05, 3.63) is 62.1 Å². The van der Waals surface area contributed by atoms with Gasteiger partial charge in [-0.05, 0) is 30.2 Å². The Balaban J connectivity index is 2.03. The highest BCUT2D eigenvalue weighted by Gasteiger charge is 2.34. The lowest BCUT2D eigenvalue weighted by Gasteiger charge is -2.34. The molecule has 1 aliphatic rings. The molecule has 6 nitrogen and oxygen atoms in total. The predicted octanol–water partition coefficient (Wildman–Crippen LogP) is 4.61. The van der Waals surface area contributed by atoms with Gasteiger partial charge in [0, 0.05) is 12.1 Å². The summed E-state index contributed by atoms with van der Waals surface area (Å²) < 4.78 is 5.68. The number of rotatable bonds is 4. The van der Waals surface area contributed by atoms with Gasteiger partial charge >= 0.3 is 0 Å². The normalized spacial score (nSPS) is 16.4. The van der Waals surface area contributed by atoms with E-state index >= 15 is 0 Å². The smallest absolute Gasteiger partial charge is 0.271 e. The second-order valence-corrected chi connectivity index (χ2v) is 6.41. The molecule has 25 heavy (non-hydrogen) atoms. The van der Waals surface area contributed by atoms with Gasteiger partial charge in [0.05, 0.1) is 27.2 Å². The minimum atomic E-state index is -0.628. The number of fused-ring (bicyclic) bond motifs is 1. The third-order valence-electron chi connectivity index (χ3n) is 3.95. The summed E-state index contributed by atoms with van der Waals surface area (Å²) in [4.78, 5) is 24.8. The van der Waals surface area contributed by atoms with Crippen molar-refractivity contribution in [3.63, 3.8) is 0 Å². The maximum atomic E-state index is 12.7. The molecule has 1 unspecified atom stereocenters. The number of amides is 1. The number of halogens is 2. The zero-order valence-electron chi connectivity index (χ0n) is 13.2. The van der Waals surface area contributed by atoms with Gasteiger partial charge < -0.3 is 9.64 Å². The first kappa shape index (κ1) is 17.5. The molecule has 1 amide bonds. The van der Waals surface area contributed by atoms with Gasteiger partial charge in [-0.15, -0.1) is 0 Å². The Labute approximate surface area is 154 Å². The van der Waals surface area contributed by atoms with Crippen LogP contribution in [0.4, 0.5) is 11.4 Å². The zero-order chi connectivity index (χ0) is 18.1. The fourth-order valence-corrected chi connectivity index (χ4v) is 2.99. The van der Waals surface area contributed by atoms with Gasteiger partial charge in [0.1, 0.15) is 5.75 Å². The average molecular weight is 381 g/mol. The molecule has 0 saturated heterocycles. The highest BCUT2D eigenvalue weighted by molar-refractivity contribution is 6.42. The summed E-state index contributed by atoms with van der Waals surface area (Å²) >= 11 is 12.0. The molecule has 0 radical (unpaired) electrons. The van der Waals surface area contributed by atoms with E-state index in [1.165, 1.54) is 23.1 Å². The molecule has 0 N–H and O–H groups in total. The number of hydrogen-bond acceptors (Lipinski definition) is 4. The van der Waals surface area contributed by atoms with Gasteiger partial charge in [0.15, 0.2) is 6.10 Å². The van der Waals surface area contributed by atoms with Crippen molar-refractivity contribution in [1.29, 1.82) is 0 Å². The Morgan fingerprint density at radius 1 is 1.20 bits per heavy atom. The van der Waals surface area contributed by atoms with Crippen LogP contribution in [0.1, 0.15) is 18.9 Å². The highest BCUT2D eigenvalue weighted by Crippen LogP contribution is 2.38. The number of benzene rings is 2. The maximum absolute atomic E-state index is 12.7. The first-order chi connectivity index (χ1) is 11.9. The molecule has 0 aliphatic carbocycles. The SMILES string of the molecule is CCC1Oc2ccc([N+](=O)[O-])cc2N(Cc2ccc(Cl)c(Cl)c2)C1=O. The molecule has 2 aromatic rings. The van der Waals surface area contributed by atoms with Crippen molar-refractivity contribution >= 4 is 40.5 Å². The number of hydrogen-bond donors (Lipinski definition) is 0. The minimum Gasteiger partial charge on any atom is -0.478 e. The molecule has 2 aromatic carbocycles. The van der Waals surface area contributed by atoms with E-state index in [2.05, 4.69) is 0 Å². The van der Waals surface area contributed by atoms with Gasteiger partial charge in [-0.2, -0.15) is 0 Å². The van der Waals surface area contributed by atoms with Crippen LogP contribution in [0.25, 0.3) is 0 Å². The molecule has 0 bridgehead atoms. The van der Waals surface area contributed by atoms with Crippen LogP contribution in [0.2, 0.25) is 10.0 Å². The first-order valence-corrected chi connectivity index (χ1v) is 8.36. The quantitative estimate of drug-likeness (QED) is 0.573. The molecule has 1 atom stereocenters. The maximum Gasteiger partial charge on any atom is 0.271 e. The van der Waals surface area contributed by atoms with Crippen molar-refractivity contribution in [3.8, 4) is 5.75 Å². The third kappa shape index (κ3) is 3.41. The Bertz CT molecular complexity index is 857. The second-order valence-electron chi connectivity index (χ2n) is 5.60. The molecule has 1 aliphatic heterocycles. The summed E-state index contributed by atoms with van der Waals surface area (Å²) in [5.41, 5.74) is 1.02.